The van der Waals surface area contributed by atoms with Crippen LogP contribution in [-0.4, -0.2) is 7.05 Å². The topological polar surface area (TPSA) is 25.2 Å². The van der Waals surface area contributed by atoms with Crippen molar-refractivity contribution in [3.05, 3.63) is 23.7 Å². The lowest BCUT2D eigenvalue weighted by molar-refractivity contribution is 0.390. The van der Waals surface area contributed by atoms with Gasteiger partial charge in [-0.05, 0) is 38.4 Å². The molecule has 2 rings (SSSR count). The maximum Gasteiger partial charge on any atom is 0.121 e. The first-order valence-corrected chi connectivity index (χ1v) is 5.03. The molecule has 0 amide bonds. The average Bonchev–Trinajstić information content (AvgIpc) is 2.84. The first-order chi connectivity index (χ1) is 6.29. The summed E-state index contributed by atoms with van der Waals surface area (Å²) in [6.07, 6.45) is 4.03. The highest BCUT2D eigenvalue weighted by Crippen LogP contribution is 2.37. The molecule has 1 N–H and O–H groups in total. The predicted molar refractivity (Wildman–Crippen MR) is 52.6 cm³/mol. The Labute approximate surface area is 79.3 Å². The molecular weight excluding hydrogens is 162 g/mol. The van der Waals surface area contributed by atoms with Crippen molar-refractivity contribution in [3.63, 3.8) is 0 Å². The molecular formula is C11H17NO. The van der Waals surface area contributed by atoms with Gasteiger partial charge < -0.3 is 9.73 Å². The third-order valence-corrected chi connectivity index (χ3v) is 2.72. The van der Waals surface area contributed by atoms with Crippen LogP contribution in [0.1, 0.15) is 36.8 Å². The van der Waals surface area contributed by atoms with Crippen molar-refractivity contribution in [2.75, 3.05) is 7.05 Å². The number of hydrogen-bond acceptors (Lipinski definition) is 2. The number of aryl methyl sites for hydroxylation is 1. The van der Waals surface area contributed by atoms with Crippen LogP contribution in [0.3, 0.4) is 0 Å². The summed E-state index contributed by atoms with van der Waals surface area (Å²) >= 11 is 0. The van der Waals surface area contributed by atoms with Crippen LogP contribution in [0.15, 0.2) is 16.5 Å². The smallest absolute Gasteiger partial charge is 0.121 e. The highest BCUT2D eigenvalue weighted by Gasteiger charge is 2.26. The third kappa shape index (κ3) is 2.13. The molecule has 1 heterocycles. The first kappa shape index (κ1) is 8.82. The van der Waals surface area contributed by atoms with Gasteiger partial charge in [0.15, 0.2) is 0 Å². The maximum atomic E-state index is 5.60. The van der Waals surface area contributed by atoms with Crippen molar-refractivity contribution >= 4 is 0 Å². The summed E-state index contributed by atoms with van der Waals surface area (Å²) in [5.74, 6) is 3.03. The molecule has 0 radical (unpaired) electrons. The molecule has 1 atom stereocenters. The second-order valence-electron chi connectivity index (χ2n) is 3.97. The van der Waals surface area contributed by atoms with E-state index < -0.39 is 0 Å². The van der Waals surface area contributed by atoms with Crippen molar-refractivity contribution in [2.24, 2.45) is 5.92 Å². The van der Waals surface area contributed by atoms with Crippen LogP contribution in [0.25, 0.3) is 0 Å². The van der Waals surface area contributed by atoms with E-state index in [2.05, 4.69) is 11.4 Å². The van der Waals surface area contributed by atoms with Crippen LogP contribution in [0.4, 0.5) is 0 Å². The summed E-state index contributed by atoms with van der Waals surface area (Å²) in [4.78, 5) is 0. The van der Waals surface area contributed by atoms with Gasteiger partial charge in [0.25, 0.3) is 0 Å². The Kier molecular flexibility index (Phi) is 2.40. The highest BCUT2D eigenvalue weighted by atomic mass is 16.3. The fourth-order valence-electron chi connectivity index (χ4n) is 1.70. The lowest BCUT2D eigenvalue weighted by atomic mass is 10.1. The second-order valence-corrected chi connectivity index (χ2v) is 3.97. The Morgan fingerprint density at radius 2 is 2.31 bits per heavy atom. The van der Waals surface area contributed by atoms with E-state index in [4.69, 9.17) is 4.42 Å². The molecule has 0 saturated heterocycles. The van der Waals surface area contributed by atoms with E-state index in [-0.39, 0.29) is 0 Å². The Morgan fingerprint density at radius 3 is 2.77 bits per heavy atom. The Morgan fingerprint density at radius 1 is 1.54 bits per heavy atom. The largest absolute Gasteiger partial charge is 0.465 e. The van der Waals surface area contributed by atoms with Crippen molar-refractivity contribution in [1.82, 2.24) is 5.32 Å². The predicted octanol–water partition coefficient (Wildman–Crippen LogP) is 2.65. The Bertz CT molecular complexity index is 275. The molecule has 0 aromatic carbocycles. The second kappa shape index (κ2) is 3.54. The molecule has 72 valence electrons. The molecule has 1 aromatic rings. The minimum Gasteiger partial charge on any atom is -0.465 e. The van der Waals surface area contributed by atoms with Gasteiger partial charge in [0.1, 0.15) is 11.5 Å². The van der Waals surface area contributed by atoms with E-state index in [1.165, 1.54) is 19.3 Å². The monoisotopic (exact) mass is 179 g/mol. The van der Waals surface area contributed by atoms with Gasteiger partial charge in [0, 0.05) is 0 Å². The molecule has 1 saturated carbocycles. The molecule has 1 aliphatic carbocycles. The lowest BCUT2D eigenvalue weighted by Crippen LogP contribution is -2.16. The standard InChI is InChI=1S/C11H17NO/c1-8-3-6-11(13-8)10(12-2)7-9-4-5-9/h3,6,9-10,12H,4-5,7H2,1-2H3. The number of rotatable bonds is 4. The molecule has 0 spiro atoms. The molecule has 2 nitrogen and oxygen atoms in total. The van der Waals surface area contributed by atoms with Gasteiger partial charge in [0.2, 0.25) is 0 Å². The summed E-state index contributed by atoms with van der Waals surface area (Å²) in [5.41, 5.74) is 0. The number of furan rings is 1. The van der Waals surface area contributed by atoms with Crippen LogP contribution in [0.5, 0.6) is 0 Å². The zero-order valence-electron chi connectivity index (χ0n) is 8.34. The van der Waals surface area contributed by atoms with Gasteiger partial charge in [-0.1, -0.05) is 12.8 Å². The van der Waals surface area contributed by atoms with Gasteiger partial charge in [0.05, 0.1) is 6.04 Å². The quantitative estimate of drug-likeness (QED) is 0.768. The van der Waals surface area contributed by atoms with Crippen LogP contribution in [-0.2, 0) is 0 Å². The fraction of sp³-hybridized carbons (Fsp3) is 0.636. The lowest BCUT2D eigenvalue weighted by Gasteiger charge is -2.12. The van der Waals surface area contributed by atoms with Gasteiger partial charge in [-0.2, -0.15) is 0 Å². The van der Waals surface area contributed by atoms with Gasteiger partial charge in [-0.15, -0.1) is 0 Å². The van der Waals surface area contributed by atoms with Crippen molar-refractivity contribution in [2.45, 2.75) is 32.2 Å². The number of hydrogen-bond donors (Lipinski definition) is 1. The molecule has 0 aliphatic heterocycles. The van der Waals surface area contributed by atoms with Crippen molar-refractivity contribution < 1.29 is 4.42 Å². The van der Waals surface area contributed by atoms with E-state index >= 15 is 0 Å². The molecule has 1 unspecified atom stereocenters. The van der Waals surface area contributed by atoms with Crippen molar-refractivity contribution in [3.8, 4) is 0 Å². The summed E-state index contributed by atoms with van der Waals surface area (Å²) in [6.45, 7) is 1.99. The van der Waals surface area contributed by atoms with Crippen molar-refractivity contribution in [1.29, 1.82) is 0 Å². The third-order valence-electron chi connectivity index (χ3n) is 2.72. The zero-order chi connectivity index (χ0) is 9.26. The van der Waals surface area contributed by atoms with Gasteiger partial charge in [-0.25, -0.2) is 0 Å². The van der Waals surface area contributed by atoms with Gasteiger partial charge >= 0.3 is 0 Å². The van der Waals surface area contributed by atoms with Crippen LogP contribution >= 0.6 is 0 Å². The molecule has 1 aliphatic rings. The number of nitrogens with one attached hydrogen (secondary N) is 1. The minimum atomic E-state index is 0.418. The van der Waals surface area contributed by atoms with Gasteiger partial charge in [-0.3, -0.25) is 0 Å². The Hall–Kier alpha value is -0.760. The normalized spacial score (nSPS) is 18.9. The molecule has 1 fully saturated rings. The van der Waals surface area contributed by atoms with Crippen LogP contribution in [0, 0.1) is 12.8 Å². The minimum absolute atomic E-state index is 0.418. The molecule has 1 aromatic heterocycles. The Balaban J connectivity index is 2.01. The highest BCUT2D eigenvalue weighted by molar-refractivity contribution is 5.10. The average molecular weight is 179 g/mol. The summed E-state index contributed by atoms with van der Waals surface area (Å²) in [7, 11) is 2.00. The van der Waals surface area contributed by atoms with E-state index in [0.29, 0.717) is 6.04 Å². The molecule has 13 heavy (non-hydrogen) atoms. The van der Waals surface area contributed by atoms with E-state index in [1.807, 2.05) is 20.0 Å². The summed E-state index contributed by atoms with van der Waals surface area (Å²) in [5, 5.41) is 3.31. The van der Waals surface area contributed by atoms with E-state index in [1.54, 1.807) is 0 Å². The zero-order valence-corrected chi connectivity index (χ0v) is 8.34. The molecule has 0 bridgehead atoms. The summed E-state index contributed by atoms with van der Waals surface area (Å²) < 4.78 is 5.60. The van der Waals surface area contributed by atoms with Crippen LogP contribution in [0.2, 0.25) is 0 Å². The van der Waals surface area contributed by atoms with E-state index in [9.17, 15) is 0 Å². The summed E-state index contributed by atoms with van der Waals surface area (Å²) in [6, 6.07) is 4.53. The van der Waals surface area contributed by atoms with E-state index in [0.717, 1.165) is 17.4 Å². The maximum absolute atomic E-state index is 5.60. The van der Waals surface area contributed by atoms with Crippen LogP contribution < -0.4 is 5.32 Å². The molecule has 2 heteroatoms. The fourth-order valence-corrected chi connectivity index (χ4v) is 1.70. The first-order valence-electron chi connectivity index (χ1n) is 5.03. The SMILES string of the molecule is CNC(CC1CC1)c1ccc(C)o1.